The number of pyridine rings is 1. The molecule has 1 heterocycles. The van der Waals surface area contributed by atoms with Crippen LogP contribution in [0, 0.1) is 6.92 Å². The van der Waals surface area contributed by atoms with Crippen LogP contribution in [0.15, 0.2) is 54.6 Å². The van der Waals surface area contributed by atoms with E-state index in [0.29, 0.717) is 25.7 Å². The van der Waals surface area contributed by atoms with Crippen molar-refractivity contribution >= 4 is 16.7 Å². The number of aromatic nitrogens is 1. The van der Waals surface area contributed by atoms with Gasteiger partial charge in [-0.1, -0.05) is 43.3 Å². The maximum absolute atomic E-state index is 12.2. The minimum Gasteiger partial charge on any atom is -0.393 e. The van der Waals surface area contributed by atoms with Crippen molar-refractivity contribution in [2.24, 2.45) is 0 Å². The standard InChI is InChI=1S/C23H25NO2/c1-3-20(25)10-11-21(26)14-17-9-12-23-19(13-17)15-22(16(2)24-23)18-7-5-4-6-8-18/h4-9,12-13,15,20,25H,3,10-11,14H2,1-2H3. The van der Waals surface area contributed by atoms with E-state index in [4.69, 9.17) is 4.98 Å². The van der Waals surface area contributed by atoms with Crippen LogP contribution >= 0.6 is 0 Å². The fourth-order valence-corrected chi connectivity index (χ4v) is 3.19. The lowest BCUT2D eigenvalue weighted by molar-refractivity contribution is -0.119. The molecule has 0 radical (unpaired) electrons. The normalized spacial score (nSPS) is 12.3. The summed E-state index contributed by atoms with van der Waals surface area (Å²) in [6.45, 7) is 3.95. The predicted octanol–water partition coefficient (Wildman–Crippen LogP) is 4.87. The van der Waals surface area contributed by atoms with E-state index in [1.165, 1.54) is 0 Å². The summed E-state index contributed by atoms with van der Waals surface area (Å²) in [6.07, 6.45) is 1.68. The first-order valence-corrected chi connectivity index (χ1v) is 9.22. The number of fused-ring (bicyclic) bond motifs is 1. The molecule has 26 heavy (non-hydrogen) atoms. The Hall–Kier alpha value is -2.52. The number of hydrogen-bond donors (Lipinski definition) is 1. The van der Waals surface area contributed by atoms with E-state index in [0.717, 1.165) is 33.3 Å². The molecule has 0 bridgehead atoms. The van der Waals surface area contributed by atoms with Gasteiger partial charge in [0.1, 0.15) is 5.78 Å². The van der Waals surface area contributed by atoms with Crippen LogP contribution < -0.4 is 0 Å². The SMILES string of the molecule is CCC(O)CCC(=O)Cc1ccc2nc(C)c(-c3ccccc3)cc2c1. The molecule has 1 atom stereocenters. The van der Waals surface area contributed by atoms with Crippen LogP contribution in [0.2, 0.25) is 0 Å². The fourth-order valence-electron chi connectivity index (χ4n) is 3.19. The van der Waals surface area contributed by atoms with Gasteiger partial charge in [0, 0.05) is 29.5 Å². The summed E-state index contributed by atoms with van der Waals surface area (Å²) < 4.78 is 0. The second-order valence-electron chi connectivity index (χ2n) is 6.83. The number of aliphatic hydroxyl groups is 1. The highest BCUT2D eigenvalue weighted by Crippen LogP contribution is 2.26. The number of carbonyl (C=O) groups is 1. The number of hydrogen-bond acceptors (Lipinski definition) is 3. The molecule has 0 amide bonds. The zero-order valence-corrected chi connectivity index (χ0v) is 15.4. The van der Waals surface area contributed by atoms with Crippen LogP contribution in [0.25, 0.3) is 22.0 Å². The van der Waals surface area contributed by atoms with Crippen molar-refractivity contribution in [3.05, 3.63) is 65.9 Å². The molecule has 0 fully saturated rings. The molecule has 1 N–H and O–H groups in total. The van der Waals surface area contributed by atoms with Crippen molar-refractivity contribution in [2.45, 2.75) is 45.6 Å². The van der Waals surface area contributed by atoms with Crippen LogP contribution in [-0.4, -0.2) is 22.0 Å². The second-order valence-corrected chi connectivity index (χ2v) is 6.83. The van der Waals surface area contributed by atoms with Crippen LogP contribution in [0.1, 0.15) is 37.4 Å². The second kappa shape index (κ2) is 8.24. The van der Waals surface area contributed by atoms with Crippen LogP contribution in [0.3, 0.4) is 0 Å². The van der Waals surface area contributed by atoms with Crippen LogP contribution in [0.4, 0.5) is 0 Å². The summed E-state index contributed by atoms with van der Waals surface area (Å²) in [6, 6.07) is 18.4. The predicted molar refractivity (Wildman–Crippen MR) is 106 cm³/mol. The number of Topliss-reactive ketones (excluding diaryl/α,β-unsaturated/α-hetero) is 1. The van der Waals surface area contributed by atoms with Gasteiger partial charge in [-0.2, -0.15) is 0 Å². The Kier molecular flexibility index (Phi) is 5.79. The number of ketones is 1. The molecule has 3 rings (SSSR count). The highest BCUT2D eigenvalue weighted by atomic mass is 16.3. The number of carbonyl (C=O) groups excluding carboxylic acids is 1. The number of nitrogens with zero attached hydrogens (tertiary/aromatic N) is 1. The maximum Gasteiger partial charge on any atom is 0.137 e. The molecule has 0 saturated heterocycles. The molecule has 0 saturated carbocycles. The van der Waals surface area contributed by atoms with E-state index in [2.05, 4.69) is 24.3 Å². The maximum atomic E-state index is 12.2. The topological polar surface area (TPSA) is 50.2 Å². The highest BCUT2D eigenvalue weighted by Gasteiger charge is 2.10. The molecule has 3 nitrogen and oxygen atoms in total. The van der Waals surface area contributed by atoms with Gasteiger partial charge >= 0.3 is 0 Å². The average Bonchev–Trinajstić information content (AvgIpc) is 2.66. The smallest absolute Gasteiger partial charge is 0.137 e. The number of aliphatic hydroxyl groups excluding tert-OH is 1. The largest absolute Gasteiger partial charge is 0.393 e. The van der Waals surface area contributed by atoms with E-state index in [1.807, 2.05) is 44.2 Å². The van der Waals surface area contributed by atoms with Crippen molar-refractivity contribution in [1.29, 1.82) is 0 Å². The number of benzene rings is 2. The average molecular weight is 347 g/mol. The fraction of sp³-hybridized carbons (Fsp3) is 0.304. The monoisotopic (exact) mass is 347 g/mol. The van der Waals surface area contributed by atoms with Crippen molar-refractivity contribution < 1.29 is 9.90 Å². The first-order chi connectivity index (χ1) is 12.6. The third-order valence-corrected chi connectivity index (χ3v) is 4.78. The summed E-state index contributed by atoms with van der Waals surface area (Å²) in [5, 5.41) is 10.7. The molecule has 134 valence electrons. The Morgan fingerprint density at radius 3 is 2.62 bits per heavy atom. The van der Waals surface area contributed by atoms with Crippen LogP contribution in [0.5, 0.6) is 0 Å². The van der Waals surface area contributed by atoms with Gasteiger partial charge in [0.25, 0.3) is 0 Å². The highest BCUT2D eigenvalue weighted by molar-refractivity contribution is 5.87. The van der Waals surface area contributed by atoms with E-state index < -0.39 is 0 Å². The van der Waals surface area contributed by atoms with Gasteiger partial charge in [-0.3, -0.25) is 9.78 Å². The lowest BCUT2D eigenvalue weighted by Crippen LogP contribution is -2.10. The summed E-state index contributed by atoms with van der Waals surface area (Å²) >= 11 is 0. The molecule has 3 heteroatoms. The van der Waals surface area contributed by atoms with Crippen molar-refractivity contribution in [2.75, 3.05) is 0 Å². The van der Waals surface area contributed by atoms with E-state index in [1.54, 1.807) is 0 Å². The first kappa shape index (κ1) is 18.3. The molecule has 0 aliphatic carbocycles. The lowest BCUT2D eigenvalue weighted by atomic mass is 9.99. The van der Waals surface area contributed by atoms with Crippen LogP contribution in [-0.2, 0) is 11.2 Å². The van der Waals surface area contributed by atoms with Gasteiger partial charge in [-0.05, 0) is 49.1 Å². The summed E-state index contributed by atoms with van der Waals surface area (Å²) in [5.74, 6) is 0.167. The van der Waals surface area contributed by atoms with Gasteiger partial charge in [-0.25, -0.2) is 0 Å². The molecule has 0 spiro atoms. The minimum atomic E-state index is -0.379. The Morgan fingerprint density at radius 1 is 1.12 bits per heavy atom. The van der Waals surface area contributed by atoms with Gasteiger partial charge in [0.05, 0.1) is 11.6 Å². The molecule has 1 aromatic heterocycles. The summed E-state index contributed by atoms with van der Waals surface area (Å²) in [7, 11) is 0. The third-order valence-electron chi connectivity index (χ3n) is 4.78. The molecule has 2 aromatic carbocycles. The Labute approximate surface area is 154 Å². The Balaban J connectivity index is 1.83. The van der Waals surface area contributed by atoms with Gasteiger partial charge in [-0.15, -0.1) is 0 Å². The van der Waals surface area contributed by atoms with Gasteiger partial charge in [0.2, 0.25) is 0 Å². The molecule has 0 aliphatic heterocycles. The number of aryl methyl sites for hydroxylation is 1. The third kappa shape index (κ3) is 4.36. The van der Waals surface area contributed by atoms with Gasteiger partial charge < -0.3 is 5.11 Å². The van der Waals surface area contributed by atoms with E-state index in [-0.39, 0.29) is 11.9 Å². The minimum absolute atomic E-state index is 0.167. The first-order valence-electron chi connectivity index (χ1n) is 9.22. The molecule has 3 aromatic rings. The van der Waals surface area contributed by atoms with Crippen molar-refractivity contribution in [3.63, 3.8) is 0 Å². The number of rotatable bonds is 7. The summed E-state index contributed by atoms with van der Waals surface area (Å²) in [4.78, 5) is 16.9. The quantitative estimate of drug-likeness (QED) is 0.663. The van der Waals surface area contributed by atoms with Crippen molar-refractivity contribution in [1.82, 2.24) is 4.98 Å². The Bertz CT molecular complexity index is 903. The zero-order valence-electron chi connectivity index (χ0n) is 15.4. The molecule has 1 unspecified atom stereocenters. The summed E-state index contributed by atoms with van der Waals surface area (Å²) in [5.41, 5.74) is 5.21. The van der Waals surface area contributed by atoms with E-state index in [9.17, 15) is 9.90 Å². The molecular formula is C23H25NO2. The lowest BCUT2D eigenvalue weighted by Gasteiger charge is -2.10. The molecular weight excluding hydrogens is 322 g/mol. The van der Waals surface area contributed by atoms with Gasteiger partial charge in [0.15, 0.2) is 0 Å². The van der Waals surface area contributed by atoms with Crippen molar-refractivity contribution in [3.8, 4) is 11.1 Å². The zero-order chi connectivity index (χ0) is 18.5. The Morgan fingerprint density at radius 2 is 1.88 bits per heavy atom. The molecule has 0 aliphatic rings. The van der Waals surface area contributed by atoms with E-state index >= 15 is 0 Å².